The number of carbonyl (C=O) groups is 1. The van der Waals surface area contributed by atoms with Crippen LogP contribution in [0, 0.1) is 11.8 Å². The predicted molar refractivity (Wildman–Crippen MR) is 111 cm³/mol. The molecule has 1 unspecified atom stereocenters. The second kappa shape index (κ2) is 10.1. The molecule has 0 aromatic heterocycles. The fourth-order valence-corrected chi connectivity index (χ4v) is 4.90. The van der Waals surface area contributed by atoms with Gasteiger partial charge in [-0.1, -0.05) is 36.4 Å². The Hall–Kier alpha value is -1.73. The van der Waals surface area contributed by atoms with Gasteiger partial charge in [0.2, 0.25) is 0 Å². The third-order valence-electron chi connectivity index (χ3n) is 6.32. The van der Waals surface area contributed by atoms with Gasteiger partial charge in [-0.15, -0.1) is 0 Å². The first kappa shape index (κ1) is 21.5. The zero-order valence-electron chi connectivity index (χ0n) is 17.6. The molecule has 2 saturated heterocycles. The van der Waals surface area contributed by atoms with E-state index in [0.29, 0.717) is 25.9 Å². The molecule has 6 atom stereocenters. The number of fused-ring (bicyclic) bond motifs is 1. The highest BCUT2D eigenvalue weighted by molar-refractivity contribution is 5.72. The summed E-state index contributed by atoms with van der Waals surface area (Å²) in [5, 5.41) is 10.6. The summed E-state index contributed by atoms with van der Waals surface area (Å²) in [4.78, 5) is 11.8. The van der Waals surface area contributed by atoms with Crippen LogP contribution < -0.4 is 0 Å². The highest BCUT2D eigenvalue weighted by atomic mass is 16.7. The molecular formula is C24H32O6. The maximum Gasteiger partial charge on any atom is 0.306 e. The molecule has 1 N–H and O–H groups in total. The molecule has 0 radical (unpaired) electrons. The monoisotopic (exact) mass is 416 g/mol. The Morgan fingerprint density at radius 2 is 2.17 bits per heavy atom. The molecule has 1 aromatic rings. The molecular weight excluding hydrogens is 384 g/mol. The lowest BCUT2D eigenvalue weighted by Gasteiger charge is -2.28. The van der Waals surface area contributed by atoms with E-state index in [1.165, 1.54) is 0 Å². The summed E-state index contributed by atoms with van der Waals surface area (Å²) in [5.74, 6) is 0.0206. The van der Waals surface area contributed by atoms with Gasteiger partial charge in [-0.25, -0.2) is 0 Å². The van der Waals surface area contributed by atoms with E-state index in [0.717, 1.165) is 37.0 Å². The zero-order chi connectivity index (χ0) is 20.9. The van der Waals surface area contributed by atoms with E-state index in [-0.39, 0.29) is 36.3 Å². The van der Waals surface area contributed by atoms with Crippen molar-refractivity contribution in [2.45, 2.75) is 69.7 Å². The minimum atomic E-state index is -0.605. The number of aliphatic hydroxyl groups is 1. The lowest BCUT2D eigenvalue weighted by atomic mass is 9.91. The van der Waals surface area contributed by atoms with Gasteiger partial charge in [0.25, 0.3) is 0 Å². The highest BCUT2D eigenvalue weighted by Crippen LogP contribution is 2.44. The van der Waals surface area contributed by atoms with Gasteiger partial charge in [-0.05, 0) is 30.4 Å². The van der Waals surface area contributed by atoms with Crippen LogP contribution in [-0.2, 0) is 36.8 Å². The van der Waals surface area contributed by atoms with E-state index >= 15 is 0 Å². The van der Waals surface area contributed by atoms with Gasteiger partial charge in [-0.3, -0.25) is 4.79 Å². The van der Waals surface area contributed by atoms with Gasteiger partial charge < -0.3 is 24.1 Å². The van der Waals surface area contributed by atoms with Crippen molar-refractivity contribution in [1.82, 2.24) is 0 Å². The Balaban J connectivity index is 1.40. The van der Waals surface area contributed by atoms with Crippen LogP contribution in [0.5, 0.6) is 0 Å². The summed E-state index contributed by atoms with van der Waals surface area (Å²) < 4.78 is 22.7. The highest BCUT2D eigenvalue weighted by Gasteiger charge is 2.50. The van der Waals surface area contributed by atoms with E-state index in [1.54, 1.807) is 7.11 Å². The molecule has 3 aliphatic rings. The van der Waals surface area contributed by atoms with Gasteiger partial charge in [0.1, 0.15) is 6.10 Å². The number of benzene rings is 1. The Morgan fingerprint density at radius 3 is 2.97 bits per heavy atom. The van der Waals surface area contributed by atoms with Crippen molar-refractivity contribution in [1.29, 1.82) is 0 Å². The number of hydrogen-bond acceptors (Lipinski definition) is 6. The van der Waals surface area contributed by atoms with Crippen molar-refractivity contribution in [2.24, 2.45) is 11.8 Å². The van der Waals surface area contributed by atoms with Crippen molar-refractivity contribution in [2.75, 3.05) is 13.7 Å². The fraction of sp³-hybridized carbons (Fsp3) is 0.625. The molecule has 164 valence electrons. The van der Waals surface area contributed by atoms with Crippen LogP contribution >= 0.6 is 0 Å². The second-order valence-corrected chi connectivity index (χ2v) is 8.59. The van der Waals surface area contributed by atoms with Gasteiger partial charge in [0, 0.05) is 38.4 Å². The van der Waals surface area contributed by atoms with E-state index in [1.807, 2.05) is 30.4 Å². The second-order valence-electron chi connectivity index (χ2n) is 8.59. The van der Waals surface area contributed by atoms with Crippen LogP contribution in [0.2, 0.25) is 0 Å². The Bertz CT molecular complexity index is 741. The smallest absolute Gasteiger partial charge is 0.306 e. The maximum absolute atomic E-state index is 11.8. The third-order valence-corrected chi connectivity index (χ3v) is 6.32. The molecule has 30 heavy (non-hydrogen) atoms. The molecule has 0 amide bonds. The van der Waals surface area contributed by atoms with Gasteiger partial charge in [-0.2, -0.15) is 0 Å². The number of methoxy groups -OCH3 is 1. The lowest BCUT2D eigenvalue weighted by Crippen LogP contribution is -2.31. The van der Waals surface area contributed by atoms with E-state index in [2.05, 4.69) is 6.07 Å². The van der Waals surface area contributed by atoms with Crippen LogP contribution in [0.25, 0.3) is 0 Å². The number of esters is 1. The Morgan fingerprint density at radius 1 is 1.30 bits per heavy atom. The number of rotatable bonds is 8. The SMILES string of the molecule is COCc1cccc(C[C@H](O)/C=C/[C@@H]2[C@H]3CC(=O)O[C@H]3C[C@H]2OC2CCCCO2)c1. The van der Waals surface area contributed by atoms with E-state index in [9.17, 15) is 9.90 Å². The molecule has 3 fully saturated rings. The quantitative estimate of drug-likeness (QED) is 0.518. The summed E-state index contributed by atoms with van der Waals surface area (Å²) in [6, 6.07) is 8.07. The number of ether oxygens (including phenoxy) is 4. The summed E-state index contributed by atoms with van der Waals surface area (Å²) in [6.07, 6.45) is 7.68. The molecule has 1 aromatic carbocycles. The van der Waals surface area contributed by atoms with Crippen molar-refractivity contribution in [3.63, 3.8) is 0 Å². The molecule has 6 heteroatoms. The van der Waals surface area contributed by atoms with Crippen LogP contribution in [-0.4, -0.2) is 49.4 Å². The fourth-order valence-electron chi connectivity index (χ4n) is 4.90. The summed E-state index contributed by atoms with van der Waals surface area (Å²) in [7, 11) is 1.67. The van der Waals surface area contributed by atoms with Crippen LogP contribution in [0.4, 0.5) is 0 Å². The molecule has 6 nitrogen and oxygen atoms in total. The molecule has 0 bridgehead atoms. The Kier molecular flexibility index (Phi) is 7.20. The lowest BCUT2D eigenvalue weighted by molar-refractivity contribution is -0.194. The minimum absolute atomic E-state index is 0.0430. The molecule has 2 heterocycles. The molecule has 2 aliphatic heterocycles. The average Bonchev–Trinajstić information content (AvgIpc) is 3.23. The first-order valence-corrected chi connectivity index (χ1v) is 11.0. The van der Waals surface area contributed by atoms with Gasteiger partial charge >= 0.3 is 5.97 Å². The average molecular weight is 417 g/mol. The molecule has 1 aliphatic carbocycles. The number of hydrogen-bond donors (Lipinski definition) is 1. The van der Waals surface area contributed by atoms with Crippen LogP contribution in [0.3, 0.4) is 0 Å². The molecule has 4 rings (SSSR count). The van der Waals surface area contributed by atoms with Crippen molar-refractivity contribution >= 4 is 5.97 Å². The summed E-state index contributed by atoms with van der Waals surface area (Å²) in [6.45, 7) is 1.29. The van der Waals surface area contributed by atoms with Crippen molar-refractivity contribution in [3.05, 3.63) is 47.5 Å². The minimum Gasteiger partial charge on any atom is -0.462 e. The van der Waals surface area contributed by atoms with Crippen molar-refractivity contribution < 1.29 is 28.8 Å². The first-order chi connectivity index (χ1) is 14.6. The van der Waals surface area contributed by atoms with E-state index in [4.69, 9.17) is 18.9 Å². The van der Waals surface area contributed by atoms with Crippen LogP contribution in [0.15, 0.2) is 36.4 Å². The van der Waals surface area contributed by atoms with E-state index < -0.39 is 6.10 Å². The van der Waals surface area contributed by atoms with Crippen molar-refractivity contribution in [3.8, 4) is 0 Å². The van der Waals surface area contributed by atoms with Gasteiger partial charge in [0.05, 0.1) is 25.2 Å². The standard InChI is InChI=1S/C24H32O6/c1-27-15-17-6-4-5-16(11-17)12-18(25)8-9-19-20-13-23(26)29-22(20)14-21(19)30-24-7-2-3-10-28-24/h4-6,8-9,11,18-22,24-25H,2-3,7,10,12-15H2,1H3/b9-8+/t18-,19-,20-,21-,22+,24?/m1/s1. The first-order valence-electron chi connectivity index (χ1n) is 11.0. The summed E-state index contributed by atoms with van der Waals surface area (Å²) >= 11 is 0. The van der Waals surface area contributed by atoms with Crippen LogP contribution in [0.1, 0.15) is 43.2 Å². The number of carbonyl (C=O) groups excluding carboxylic acids is 1. The largest absolute Gasteiger partial charge is 0.462 e. The van der Waals surface area contributed by atoms with Gasteiger partial charge in [0.15, 0.2) is 6.29 Å². The third kappa shape index (κ3) is 5.30. The summed E-state index contributed by atoms with van der Waals surface area (Å²) in [5.41, 5.74) is 2.15. The zero-order valence-corrected chi connectivity index (χ0v) is 17.6. The normalized spacial score (nSPS) is 32.3. The maximum atomic E-state index is 11.8. The Labute approximate surface area is 178 Å². The molecule has 1 saturated carbocycles. The topological polar surface area (TPSA) is 74.2 Å². The molecule has 0 spiro atoms. The predicted octanol–water partition coefficient (Wildman–Crippen LogP) is 3.16. The number of aliphatic hydroxyl groups excluding tert-OH is 1.